The molecule has 1 heterocycles. The van der Waals surface area contributed by atoms with Crippen LogP contribution >= 0.6 is 0 Å². The number of aliphatic hydroxyl groups excluding tert-OH is 2. The molecular formula is C24H19FN2O3. The van der Waals surface area contributed by atoms with Gasteiger partial charge in [0, 0.05) is 23.7 Å². The summed E-state index contributed by atoms with van der Waals surface area (Å²) in [6, 6.07) is 20.8. The van der Waals surface area contributed by atoms with Gasteiger partial charge in [-0.25, -0.2) is 4.39 Å². The van der Waals surface area contributed by atoms with E-state index in [4.69, 9.17) is 4.74 Å². The van der Waals surface area contributed by atoms with Crippen LogP contribution in [0.5, 0.6) is 11.5 Å². The minimum absolute atomic E-state index is 0.278. The molecule has 30 heavy (non-hydrogen) atoms. The Morgan fingerprint density at radius 1 is 1.00 bits per heavy atom. The van der Waals surface area contributed by atoms with E-state index in [0.717, 1.165) is 22.2 Å². The summed E-state index contributed by atoms with van der Waals surface area (Å²) in [5.41, 5.74) is 3.14. The van der Waals surface area contributed by atoms with Crippen molar-refractivity contribution >= 4 is 10.9 Å². The van der Waals surface area contributed by atoms with Gasteiger partial charge in [-0.1, -0.05) is 0 Å². The van der Waals surface area contributed by atoms with Crippen molar-refractivity contribution in [2.75, 3.05) is 6.61 Å². The van der Waals surface area contributed by atoms with Crippen LogP contribution in [-0.4, -0.2) is 27.5 Å². The quantitative estimate of drug-likeness (QED) is 0.503. The Labute approximate surface area is 172 Å². The van der Waals surface area contributed by atoms with Crippen molar-refractivity contribution in [3.8, 4) is 23.3 Å². The average Bonchev–Trinajstić information content (AvgIpc) is 3.13. The van der Waals surface area contributed by atoms with E-state index in [-0.39, 0.29) is 18.8 Å². The smallest absolute Gasteiger partial charge is 0.127 e. The molecule has 0 saturated carbocycles. The number of hydrogen-bond donors (Lipinski definition) is 2. The number of fused-ring (bicyclic) bond motifs is 1. The number of nitriles is 1. The zero-order valence-corrected chi connectivity index (χ0v) is 16.0. The van der Waals surface area contributed by atoms with Crippen molar-refractivity contribution in [2.24, 2.45) is 0 Å². The van der Waals surface area contributed by atoms with E-state index in [1.807, 2.05) is 41.1 Å². The zero-order valence-electron chi connectivity index (χ0n) is 16.0. The van der Waals surface area contributed by atoms with Gasteiger partial charge in [0.2, 0.25) is 0 Å². The monoisotopic (exact) mass is 402 g/mol. The third kappa shape index (κ3) is 4.03. The van der Waals surface area contributed by atoms with Crippen molar-refractivity contribution < 1.29 is 19.3 Å². The number of aromatic nitrogens is 1. The second-order valence-corrected chi connectivity index (χ2v) is 6.96. The standard InChI is InChI=1S/C24H19FN2O3/c25-18-2-6-21(7-3-18)30-22-8-4-19(5-9-22)27-14-17(12-20(29)15-28)23-11-16(13-26)1-10-24(23)27/h1-11,14,20,28-29H,12,15H2. The Bertz CT molecular complexity index is 1210. The summed E-state index contributed by atoms with van der Waals surface area (Å²) < 4.78 is 20.8. The number of rotatable bonds is 6. The molecule has 4 rings (SSSR count). The van der Waals surface area contributed by atoms with E-state index in [0.29, 0.717) is 17.1 Å². The van der Waals surface area contributed by atoms with E-state index >= 15 is 0 Å². The van der Waals surface area contributed by atoms with Crippen LogP contribution in [0.2, 0.25) is 0 Å². The van der Waals surface area contributed by atoms with Crippen LogP contribution in [0.15, 0.2) is 72.9 Å². The maximum Gasteiger partial charge on any atom is 0.127 e. The summed E-state index contributed by atoms with van der Waals surface area (Å²) in [5.74, 6) is 0.836. The number of halogens is 1. The lowest BCUT2D eigenvalue weighted by atomic mass is 10.1. The number of benzene rings is 3. The third-order valence-corrected chi connectivity index (χ3v) is 4.85. The van der Waals surface area contributed by atoms with E-state index < -0.39 is 6.10 Å². The molecule has 6 heteroatoms. The van der Waals surface area contributed by atoms with Gasteiger partial charge in [-0.3, -0.25) is 0 Å². The van der Waals surface area contributed by atoms with Gasteiger partial charge in [0.05, 0.1) is 29.9 Å². The van der Waals surface area contributed by atoms with Crippen molar-refractivity contribution in [3.05, 3.63) is 89.9 Å². The molecule has 0 aliphatic heterocycles. The van der Waals surface area contributed by atoms with Gasteiger partial charge in [-0.2, -0.15) is 5.26 Å². The maximum absolute atomic E-state index is 13.0. The summed E-state index contributed by atoms with van der Waals surface area (Å²) in [6.07, 6.45) is 1.31. The number of hydrogen-bond acceptors (Lipinski definition) is 4. The van der Waals surface area contributed by atoms with Gasteiger partial charge in [-0.05, 0) is 72.3 Å². The molecule has 0 aliphatic rings. The second-order valence-electron chi connectivity index (χ2n) is 6.96. The first-order chi connectivity index (χ1) is 14.6. The molecule has 0 fully saturated rings. The van der Waals surface area contributed by atoms with Crippen LogP contribution in [-0.2, 0) is 6.42 Å². The zero-order chi connectivity index (χ0) is 21.1. The van der Waals surface area contributed by atoms with Crippen molar-refractivity contribution in [2.45, 2.75) is 12.5 Å². The molecule has 3 aromatic carbocycles. The summed E-state index contributed by atoms with van der Waals surface area (Å²) >= 11 is 0. The topological polar surface area (TPSA) is 78.4 Å². The normalized spacial score (nSPS) is 11.9. The van der Waals surface area contributed by atoms with Crippen molar-refractivity contribution in [1.29, 1.82) is 5.26 Å². The molecule has 1 aromatic heterocycles. The Morgan fingerprint density at radius 3 is 2.30 bits per heavy atom. The lowest BCUT2D eigenvalue weighted by Crippen LogP contribution is -2.14. The molecule has 0 saturated heterocycles. The van der Waals surface area contributed by atoms with Gasteiger partial charge in [0.1, 0.15) is 17.3 Å². The molecule has 2 N–H and O–H groups in total. The first kappa shape index (κ1) is 19.6. The minimum Gasteiger partial charge on any atom is -0.457 e. The van der Waals surface area contributed by atoms with Gasteiger partial charge >= 0.3 is 0 Å². The molecule has 5 nitrogen and oxygen atoms in total. The molecule has 1 unspecified atom stereocenters. The molecule has 1 atom stereocenters. The van der Waals surface area contributed by atoms with Crippen molar-refractivity contribution in [1.82, 2.24) is 4.57 Å². The van der Waals surface area contributed by atoms with Crippen LogP contribution in [0, 0.1) is 17.1 Å². The number of nitrogens with zero attached hydrogens (tertiary/aromatic N) is 2. The molecule has 0 radical (unpaired) electrons. The minimum atomic E-state index is -0.874. The predicted molar refractivity (Wildman–Crippen MR) is 111 cm³/mol. The van der Waals surface area contributed by atoms with E-state index in [1.54, 1.807) is 24.3 Å². The summed E-state index contributed by atoms with van der Waals surface area (Å²) in [7, 11) is 0. The Morgan fingerprint density at radius 2 is 1.67 bits per heavy atom. The predicted octanol–water partition coefficient (Wildman–Crippen LogP) is 4.33. The first-order valence-corrected chi connectivity index (χ1v) is 9.44. The molecule has 0 amide bonds. The Kier molecular flexibility index (Phi) is 5.48. The number of aliphatic hydroxyl groups is 2. The van der Waals surface area contributed by atoms with E-state index in [9.17, 15) is 19.9 Å². The fraction of sp³-hybridized carbons (Fsp3) is 0.125. The van der Waals surface area contributed by atoms with Crippen molar-refractivity contribution in [3.63, 3.8) is 0 Å². The van der Waals surface area contributed by atoms with Gasteiger partial charge < -0.3 is 19.5 Å². The second kappa shape index (κ2) is 8.37. The highest BCUT2D eigenvalue weighted by Gasteiger charge is 2.14. The molecule has 4 aromatic rings. The maximum atomic E-state index is 13.0. The van der Waals surface area contributed by atoms with Gasteiger partial charge in [-0.15, -0.1) is 0 Å². The van der Waals surface area contributed by atoms with Gasteiger partial charge in [0.15, 0.2) is 0 Å². The Hall–Kier alpha value is -3.66. The van der Waals surface area contributed by atoms with E-state index in [1.165, 1.54) is 12.1 Å². The lowest BCUT2D eigenvalue weighted by molar-refractivity contribution is 0.0957. The summed E-state index contributed by atoms with van der Waals surface area (Å²) in [4.78, 5) is 0. The van der Waals surface area contributed by atoms with E-state index in [2.05, 4.69) is 6.07 Å². The lowest BCUT2D eigenvalue weighted by Gasteiger charge is -2.09. The summed E-state index contributed by atoms with van der Waals surface area (Å²) in [5, 5.41) is 29.2. The van der Waals surface area contributed by atoms with Crippen LogP contribution < -0.4 is 4.74 Å². The Balaban J connectivity index is 1.68. The summed E-state index contributed by atoms with van der Waals surface area (Å²) in [6.45, 7) is -0.333. The molecule has 0 spiro atoms. The molecule has 150 valence electrons. The molecule has 0 aliphatic carbocycles. The average molecular weight is 402 g/mol. The fourth-order valence-corrected chi connectivity index (χ4v) is 3.38. The molecule has 0 bridgehead atoms. The van der Waals surface area contributed by atoms with Crippen LogP contribution in [0.3, 0.4) is 0 Å². The highest BCUT2D eigenvalue weighted by Crippen LogP contribution is 2.29. The molecular weight excluding hydrogens is 383 g/mol. The largest absolute Gasteiger partial charge is 0.457 e. The number of ether oxygens (including phenoxy) is 1. The van der Waals surface area contributed by atoms with Crippen LogP contribution in [0.4, 0.5) is 4.39 Å². The van der Waals surface area contributed by atoms with Crippen LogP contribution in [0.1, 0.15) is 11.1 Å². The third-order valence-electron chi connectivity index (χ3n) is 4.85. The first-order valence-electron chi connectivity index (χ1n) is 9.44. The highest BCUT2D eigenvalue weighted by molar-refractivity contribution is 5.87. The fourth-order valence-electron chi connectivity index (χ4n) is 3.38. The van der Waals surface area contributed by atoms with Crippen LogP contribution in [0.25, 0.3) is 16.6 Å². The SMILES string of the molecule is N#Cc1ccc2c(c1)c(CC(O)CO)cn2-c1ccc(Oc2ccc(F)cc2)cc1. The highest BCUT2D eigenvalue weighted by atomic mass is 19.1. The van der Waals surface area contributed by atoms with Gasteiger partial charge in [0.25, 0.3) is 0 Å².